The molecule has 0 aromatic carbocycles. The minimum atomic E-state index is -4.73. The second-order valence-corrected chi connectivity index (χ2v) is 8.76. The molecule has 0 saturated carbocycles. The van der Waals surface area contributed by atoms with Crippen LogP contribution in [0.2, 0.25) is 0 Å². The first-order chi connectivity index (χ1) is 13.6. The van der Waals surface area contributed by atoms with Crippen LogP contribution in [-0.4, -0.2) is 99.2 Å². The zero-order valence-electron chi connectivity index (χ0n) is 16.6. The number of carboxylic acid groups (broad SMARTS) is 2. The van der Waals surface area contributed by atoms with E-state index < -0.39 is 50.9 Å². The van der Waals surface area contributed by atoms with Crippen molar-refractivity contribution in [1.29, 1.82) is 0 Å². The van der Waals surface area contributed by atoms with E-state index >= 15 is 0 Å². The quantitative estimate of drug-likeness (QED) is 0.154. The highest BCUT2D eigenvalue weighted by molar-refractivity contribution is 7.46. The lowest BCUT2D eigenvalue weighted by molar-refractivity contribution is -0.862. The second kappa shape index (κ2) is 10.4. The summed E-state index contributed by atoms with van der Waals surface area (Å²) in [6.45, 7) is -0.446. The highest BCUT2D eigenvalue weighted by atomic mass is 31.2. The Morgan fingerprint density at radius 2 is 1.80 bits per heavy atom. The van der Waals surface area contributed by atoms with Crippen LogP contribution in [0.25, 0.3) is 0 Å². The summed E-state index contributed by atoms with van der Waals surface area (Å²) in [5.41, 5.74) is -0.0530. The van der Waals surface area contributed by atoms with Gasteiger partial charge in [0.1, 0.15) is 17.8 Å². The molecular formula is C16H27N2O11P+2. The lowest BCUT2D eigenvalue weighted by Crippen LogP contribution is -2.46. The van der Waals surface area contributed by atoms with Crippen LogP contribution in [0.15, 0.2) is 24.5 Å². The number of carbonyl (C=O) groups is 2. The number of ether oxygens (including phenoxy) is 1. The molecule has 14 heteroatoms. The average molecular weight is 454 g/mol. The molecule has 0 unspecified atom stereocenters. The zero-order chi connectivity index (χ0) is 23.3. The maximum absolute atomic E-state index is 10.9. The van der Waals surface area contributed by atoms with Crippen molar-refractivity contribution in [1.82, 2.24) is 0 Å². The van der Waals surface area contributed by atoms with Gasteiger partial charge in [-0.2, -0.15) is 4.57 Å². The van der Waals surface area contributed by atoms with Crippen molar-refractivity contribution in [3.8, 4) is 0 Å². The van der Waals surface area contributed by atoms with E-state index in [9.17, 15) is 24.4 Å². The first-order valence-corrected chi connectivity index (χ1v) is 10.1. The SMILES string of the molecule is C[N+](C)(C)CC(=O)O.O=C(O)c1ccc[n+]([C@@H]2O[C@H](COP(=O)(O)O)[C@@H](O)[C@H]2O)c1. The molecule has 2 rings (SSSR count). The van der Waals surface area contributed by atoms with Crippen molar-refractivity contribution in [3.63, 3.8) is 0 Å². The molecule has 4 atom stereocenters. The predicted octanol–water partition coefficient (Wildman–Crippen LogP) is -1.82. The summed E-state index contributed by atoms with van der Waals surface area (Å²) in [5, 5.41) is 36.9. The number of phosphoric acid groups is 1. The third-order valence-electron chi connectivity index (χ3n) is 3.72. The van der Waals surface area contributed by atoms with Crippen molar-refractivity contribution >= 4 is 19.8 Å². The number of pyridine rings is 1. The van der Waals surface area contributed by atoms with E-state index in [2.05, 4.69) is 4.52 Å². The molecule has 13 nitrogen and oxygen atoms in total. The van der Waals surface area contributed by atoms with Gasteiger partial charge in [-0.3, -0.25) is 4.52 Å². The number of likely N-dealkylation sites (N-methyl/N-ethyl adjacent to an activating group) is 1. The number of aliphatic hydroxyl groups excluding tert-OH is 2. The van der Waals surface area contributed by atoms with Gasteiger partial charge in [-0.15, -0.1) is 0 Å². The topological polar surface area (TPSA) is 195 Å². The Kier molecular flexibility index (Phi) is 9.02. The number of aromatic nitrogens is 1. The van der Waals surface area contributed by atoms with Crippen molar-refractivity contribution in [3.05, 3.63) is 30.1 Å². The maximum atomic E-state index is 10.9. The zero-order valence-corrected chi connectivity index (χ0v) is 17.5. The molecule has 1 aromatic rings. The number of aromatic carboxylic acids is 1. The van der Waals surface area contributed by atoms with Crippen LogP contribution in [0.3, 0.4) is 0 Å². The normalized spacial score (nSPS) is 24.1. The largest absolute Gasteiger partial charge is 0.477 e. The summed E-state index contributed by atoms with van der Waals surface area (Å²) in [6.07, 6.45) is -2.51. The monoisotopic (exact) mass is 454 g/mol. The van der Waals surface area contributed by atoms with Gasteiger partial charge in [0.05, 0.1) is 27.7 Å². The molecule has 0 bridgehead atoms. The van der Waals surface area contributed by atoms with E-state index in [1.807, 2.05) is 21.1 Å². The van der Waals surface area contributed by atoms with Crippen molar-refractivity contribution < 1.29 is 62.7 Å². The van der Waals surface area contributed by atoms with Gasteiger partial charge in [-0.05, 0) is 6.07 Å². The summed E-state index contributed by atoms with van der Waals surface area (Å²) >= 11 is 0. The lowest BCUT2D eigenvalue weighted by atomic mass is 10.1. The van der Waals surface area contributed by atoms with Crippen molar-refractivity contribution in [2.75, 3.05) is 34.3 Å². The van der Waals surface area contributed by atoms with Crippen molar-refractivity contribution in [2.45, 2.75) is 24.5 Å². The van der Waals surface area contributed by atoms with Gasteiger partial charge in [0.2, 0.25) is 0 Å². The van der Waals surface area contributed by atoms with Gasteiger partial charge in [0.15, 0.2) is 25.0 Å². The Hall–Kier alpha value is -1.96. The Bertz CT molecular complexity index is 792. The summed E-state index contributed by atoms with van der Waals surface area (Å²) in [6, 6.07) is 2.76. The molecule has 1 aliphatic heterocycles. The molecule has 170 valence electrons. The van der Waals surface area contributed by atoms with Gasteiger partial charge in [0.25, 0.3) is 6.23 Å². The molecule has 0 spiro atoms. The number of rotatable bonds is 7. The third-order valence-corrected chi connectivity index (χ3v) is 4.20. The van der Waals surface area contributed by atoms with E-state index in [1.54, 1.807) is 0 Å². The van der Waals surface area contributed by atoms with Gasteiger partial charge in [-0.1, -0.05) is 0 Å². The van der Waals surface area contributed by atoms with E-state index in [1.165, 1.54) is 29.1 Å². The fourth-order valence-corrected chi connectivity index (χ4v) is 2.81. The van der Waals surface area contributed by atoms with Crippen LogP contribution in [0.1, 0.15) is 16.6 Å². The molecule has 1 saturated heterocycles. The minimum absolute atomic E-state index is 0.0530. The van der Waals surface area contributed by atoms with Gasteiger partial charge in [-0.25, -0.2) is 14.2 Å². The lowest BCUT2D eigenvalue weighted by Gasteiger charge is -2.20. The van der Waals surface area contributed by atoms with E-state index in [-0.39, 0.29) is 12.1 Å². The summed E-state index contributed by atoms with van der Waals surface area (Å²) in [7, 11) is 0.790. The van der Waals surface area contributed by atoms with Gasteiger partial charge in [0, 0.05) is 6.07 Å². The minimum Gasteiger partial charge on any atom is -0.477 e. The maximum Gasteiger partial charge on any atom is 0.469 e. The number of phosphoric ester groups is 1. The molecule has 0 aliphatic carbocycles. The highest BCUT2D eigenvalue weighted by Gasteiger charge is 2.48. The second-order valence-electron chi connectivity index (χ2n) is 7.52. The van der Waals surface area contributed by atoms with Crippen LogP contribution >= 0.6 is 7.82 Å². The summed E-state index contributed by atoms with van der Waals surface area (Å²) in [4.78, 5) is 38.2. The summed E-state index contributed by atoms with van der Waals surface area (Å²) < 4.78 is 21.9. The fourth-order valence-electron chi connectivity index (χ4n) is 2.47. The molecule has 30 heavy (non-hydrogen) atoms. The first kappa shape index (κ1) is 26.1. The van der Waals surface area contributed by atoms with Crippen molar-refractivity contribution in [2.24, 2.45) is 0 Å². The molecule has 6 N–H and O–H groups in total. The van der Waals surface area contributed by atoms with Crippen LogP contribution in [-0.2, 0) is 18.6 Å². The Labute approximate surface area is 172 Å². The van der Waals surface area contributed by atoms with Crippen LogP contribution in [0.4, 0.5) is 0 Å². The van der Waals surface area contributed by atoms with Crippen LogP contribution in [0.5, 0.6) is 0 Å². The number of quaternary nitrogens is 1. The van der Waals surface area contributed by atoms with Crippen LogP contribution in [0, 0.1) is 0 Å². The van der Waals surface area contributed by atoms with E-state index in [0.717, 1.165) is 0 Å². The van der Waals surface area contributed by atoms with Crippen LogP contribution < -0.4 is 4.57 Å². The molecule has 0 amide bonds. The first-order valence-electron chi connectivity index (χ1n) is 8.59. The number of aliphatic carboxylic acids is 1. The van der Waals surface area contributed by atoms with E-state index in [0.29, 0.717) is 4.48 Å². The third kappa shape index (κ3) is 8.81. The molecule has 1 aliphatic rings. The standard InChI is InChI=1S/C11H14NO9P.C5H11NO2/c13-8-7(5-20-22(17,18)19)21-10(9(8)14)12-3-1-2-6(4-12)11(15)16;1-6(2,3)4-5(7)8/h1-4,7-10,13-14H,5H2,(H2-,15,16,17,18,19);4H2,1-3H3/p+2/t7-,8-,9-,10-;/m1./s1. The molecule has 1 aromatic heterocycles. The molecular weight excluding hydrogens is 427 g/mol. The van der Waals surface area contributed by atoms with E-state index in [4.69, 9.17) is 24.7 Å². The Morgan fingerprint density at radius 3 is 2.23 bits per heavy atom. The highest BCUT2D eigenvalue weighted by Crippen LogP contribution is 2.37. The number of nitrogens with zero attached hydrogens (tertiary/aromatic N) is 2. The average Bonchev–Trinajstić information content (AvgIpc) is 2.86. The van der Waals surface area contributed by atoms with Gasteiger partial charge < -0.3 is 39.4 Å². The summed E-state index contributed by atoms with van der Waals surface area (Å²) in [5.74, 6) is -1.93. The number of hydrogen-bond acceptors (Lipinski definition) is 7. The predicted molar refractivity (Wildman–Crippen MR) is 98.1 cm³/mol. The Balaban J connectivity index is 0.000000479. The van der Waals surface area contributed by atoms with Gasteiger partial charge >= 0.3 is 19.8 Å². The number of hydrogen-bond donors (Lipinski definition) is 6. The number of carboxylic acids is 2. The Morgan fingerprint density at radius 1 is 1.20 bits per heavy atom. The molecule has 2 heterocycles. The molecule has 0 radical (unpaired) electrons. The fraction of sp³-hybridized carbons (Fsp3) is 0.562. The smallest absolute Gasteiger partial charge is 0.469 e. The number of aliphatic hydroxyl groups is 2. The molecule has 1 fully saturated rings.